The Hall–Kier alpha value is -3.96. The number of benzene rings is 3. The number of esters is 1. The molecule has 13 heteroatoms. The molecule has 3 N–H and O–H groups in total. The number of carbonyl (C=O) groups is 2. The first-order valence-electron chi connectivity index (χ1n) is 12.9. The van der Waals surface area contributed by atoms with Crippen LogP contribution < -0.4 is 18.5 Å². The number of carbonyl (C=O) groups excluding carboxylic acids is 1. The third-order valence-corrected chi connectivity index (χ3v) is 10.9. The predicted molar refractivity (Wildman–Crippen MR) is 158 cm³/mol. The second-order valence-corrected chi connectivity index (χ2v) is 13.7. The van der Waals surface area contributed by atoms with E-state index in [2.05, 4.69) is 11.2 Å². The highest BCUT2D eigenvalue weighted by Crippen LogP contribution is 2.40. The number of terminal acetylenes is 1. The first kappa shape index (κ1) is 31.0. The van der Waals surface area contributed by atoms with Crippen LogP contribution in [0.15, 0.2) is 41.3 Å². The van der Waals surface area contributed by atoms with Gasteiger partial charge in [0.25, 0.3) is 10.0 Å². The van der Waals surface area contributed by atoms with Gasteiger partial charge in [0.05, 0.1) is 23.0 Å². The number of anilines is 1. The number of carboxylic acid groups (broad SMARTS) is 1. The van der Waals surface area contributed by atoms with Gasteiger partial charge in [0, 0.05) is 11.4 Å². The van der Waals surface area contributed by atoms with Crippen molar-refractivity contribution >= 4 is 48.6 Å². The molecule has 0 aliphatic carbocycles. The van der Waals surface area contributed by atoms with Crippen molar-refractivity contribution in [3.63, 3.8) is 0 Å². The van der Waals surface area contributed by atoms with Gasteiger partial charge in [-0.25, -0.2) is 17.5 Å². The lowest BCUT2D eigenvalue weighted by Gasteiger charge is -2.32. The molecule has 0 saturated carbocycles. The second kappa shape index (κ2) is 11.4. The molecule has 0 radical (unpaired) electrons. The number of carboxylic acids is 1. The molecule has 0 spiro atoms. The maximum absolute atomic E-state index is 13.7. The van der Waals surface area contributed by atoms with Crippen LogP contribution in [0.3, 0.4) is 0 Å². The Morgan fingerprint density at radius 2 is 1.62 bits per heavy atom. The van der Waals surface area contributed by atoms with Gasteiger partial charge in [-0.3, -0.25) is 10.1 Å². The Morgan fingerprint density at radius 1 is 1.02 bits per heavy atom. The molecule has 5 rings (SSSR count). The molecule has 0 unspecified atom stereocenters. The largest absolute Gasteiger partial charge is 0.481 e. The zero-order chi connectivity index (χ0) is 31.1. The van der Waals surface area contributed by atoms with Crippen LogP contribution in [0.1, 0.15) is 47.2 Å². The predicted octanol–water partition coefficient (Wildman–Crippen LogP) is 3.15. The van der Waals surface area contributed by atoms with Crippen molar-refractivity contribution in [3.05, 3.63) is 64.2 Å². The van der Waals surface area contributed by atoms with E-state index in [-0.39, 0.29) is 22.4 Å². The first-order valence-corrected chi connectivity index (χ1v) is 15.8. The number of ether oxygens (including phenoxy) is 1. The quantitative estimate of drug-likeness (QED) is 0.187. The third-order valence-electron chi connectivity index (χ3n) is 7.38. The van der Waals surface area contributed by atoms with Crippen LogP contribution in [0.5, 0.6) is 5.75 Å². The van der Waals surface area contributed by atoms with Gasteiger partial charge in [0.1, 0.15) is 12.3 Å². The lowest BCUT2D eigenvalue weighted by atomic mass is 9.96. The minimum Gasteiger partial charge on any atom is -0.481 e. The first-order chi connectivity index (χ1) is 19.6. The van der Waals surface area contributed by atoms with Crippen molar-refractivity contribution in [1.82, 2.24) is 9.44 Å². The van der Waals surface area contributed by atoms with Crippen molar-refractivity contribution in [3.8, 4) is 18.1 Å². The summed E-state index contributed by atoms with van der Waals surface area (Å²) in [5.74, 6) is 1.06. The number of hydrogen-bond acceptors (Lipinski definition) is 8. The molecule has 2 heterocycles. The maximum atomic E-state index is 13.7. The molecule has 0 aromatic heterocycles. The Kier molecular flexibility index (Phi) is 8.39. The maximum Gasteiger partial charge on any atom is 0.332 e. The van der Waals surface area contributed by atoms with E-state index in [1.807, 2.05) is 4.13 Å². The van der Waals surface area contributed by atoms with Crippen LogP contribution in [-0.4, -0.2) is 46.5 Å². The fourth-order valence-electron chi connectivity index (χ4n) is 5.18. The molecule has 2 bridgehead atoms. The van der Waals surface area contributed by atoms with E-state index in [9.17, 15) is 26.4 Å². The molecule has 42 heavy (non-hydrogen) atoms. The lowest BCUT2D eigenvalue weighted by molar-refractivity contribution is -0.137. The van der Waals surface area contributed by atoms with Crippen LogP contribution in [0.2, 0.25) is 0 Å². The average molecular weight is 614 g/mol. The van der Waals surface area contributed by atoms with Gasteiger partial charge in [0.2, 0.25) is 0 Å². The molecule has 2 atom stereocenters. The van der Waals surface area contributed by atoms with E-state index in [4.69, 9.17) is 16.3 Å². The van der Waals surface area contributed by atoms with E-state index in [0.717, 1.165) is 4.31 Å². The monoisotopic (exact) mass is 613 g/mol. The summed E-state index contributed by atoms with van der Waals surface area (Å²) < 4.78 is 62.8. The van der Waals surface area contributed by atoms with Gasteiger partial charge in [-0.05, 0) is 73.9 Å². The van der Waals surface area contributed by atoms with Gasteiger partial charge in [-0.1, -0.05) is 40.4 Å². The topological polar surface area (TPSA) is 159 Å². The second-order valence-electron chi connectivity index (χ2n) is 10.2. The molecule has 0 saturated heterocycles. The number of nitrogens with one attached hydrogen (secondary N) is 2. The lowest BCUT2D eigenvalue weighted by Crippen LogP contribution is -2.48. The molecule has 3 aromatic rings. The Balaban J connectivity index is 1.78. The third kappa shape index (κ3) is 5.71. The summed E-state index contributed by atoms with van der Waals surface area (Å²) in [6.45, 7) is 7.68. The van der Waals surface area contributed by atoms with E-state index in [1.54, 1.807) is 52.8 Å². The molecular weight excluding hydrogens is 582 g/mol. The molecule has 2 aliphatic heterocycles. The molecular formula is C29H31N3O8S2. The summed E-state index contributed by atoms with van der Waals surface area (Å²) in [5, 5.41) is 12.8. The number of rotatable bonds is 9. The van der Waals surface area contributed by atoms with Crippen LogP contribution in [0, 0.1) is 40.0 Å². The van der Waals surface area contributed by atoms with Gasteiger partial charge < -0.3 is 9.84 Å². The molecule has 0 amide bonds. The number of aliphatic carboxylic acids is 1. The Labute approximate surface area is 245 Å². The van der Waals surface area contributed by atoms with Gasteiger partial charge >= 0.3 is 22.1 Å². The summed E-state index contributed by atoms with van der Waals surface area (Å²) >= 11 is 0. The van der Waals surface area contributed by atoms with Crippen molar-refractivity contribution < 1.29 is 36.3 Å². The van der Waals surface area contributed by atoms with Crippen LogP contribution in [0.4, 0.5) is 5.69 Å². The number of nitrogens with zero attached hydrogens (tertiary/aromatic N) is 1. The normalized spacial score (nSPS) is 15.0. The zero-order valence-electron chi connectivity index (χ0n) is 23.7. The van der Waals surface area contributed by atoms with Crippen molar-refractivity contribution in [2.45, 2.75) is 58.0 Å². The summed E-state index contributed by atoms with van der Waals surface area (Å²) in [6.07, 6.45) is 5.56. The number of hydrogen-bond donors (Lipinski definition) is 3. The van der Waals surface area contributed by atoms with Crippen molar-refractivity contribution in [2.75, 3.05) is 10.8 Å². The molecule has 2 aliphatic rings. The van der Waals surface area contributed by atoms with E-state index < -0.39 is 50.8 Å². The highest BCUT2D eigenvalue weighted by molar-refractivity contribution is 8.05. The van der Waals surface area contributed by atoms with Crippen molar-refractivity contribution in [1.29, 1.82) is 0 Å². The van der Waals surface area contributed by atoms with Crippen LogP contribution >= 0.6 is 0 Å². The average Bonchev–Trinajstić information content (AvgIpc) is 2.90. The molecule has 0 fully saturated rings. The highest BCUT2D eigenvalue weighted by atomic mass is 32.3. The highest BCUT2D eigenvalue weighted by Gasteiger charge is 2.37. The minimum absolute atomic E-state index is 0.185. The van der Waals surface area contributed by atoms with E-state index >= 15 is 0 Å². The Bertz CT molecular complexity index is 1850. The summed E-state index contributed by atoms with van der Waals surface area (Å²) in [4.78, 5) is 23.4. The van der Waals surface area contributed by atoms with Crippen LogP contribution in [0.25, 0.3) is 10.8 Å². The Morgan fingerprint density at radius 3 is 2.19 bits per heavy atom. The molecule has 3 aromatic carbocycles. The molecule has 222 valence electrons. The molecule has 11 nitrogen and oxygen atoms in total. The van der Waals surface area contributed by atoms with E-state index in [1.165, 1.54) is 18.2 Å². The van der Waals surface area contributed by atoms with E-state index in [0.29, 0.717) is 39.0 Å². The van der Waals surface area contributed by atoms with Crippen LogP contribution in [-0.2, 0) is 29.8 Å². The standard InChI is InChI=1S/C29H31N3O8S2/c1-7-24(30-16(2)14-26(33)34)22-12-13-25(23-11-9-8-10-21(22)23)41(36,37)31-42(38,39)32-15-27(35)40-29-19(5)17(3)28(32)18(4)20(29)6/h1,8-13,16,24,30-31H,14-15H2,2-6H3,(H,33,34)/t16-,24-/m0/s1. The summed E-state index contributed by atoms with van der Waals surface area (Å²) in [7, 11) is -9.59. The smallest absolute Gasteiger partial charge is 0.332 e. The fourth-order valence-corrected chi connectivity index (χ4v) is 8.51. The summed E-state index contributed by atoms with van der Waals surface area (Å²) in [5.41, 5.74) is 2.91. The van der Waals surface area contributed by atoms with Gasteiger partial charge in [-0.2, -0.15) is 8.42 Å². The van der Waals surface area contributed by atoms with Crippen molar-refractivity contribution in [2.24, 2.45) is 0 Å². The number of fused-ring (bicyclic) bond motifs is 6. The fraction of sp³-hybridized carbons (Fsp3) is 0.310. The SMILES string of the molecule is C#C[C@H](N[C@@H](C)CC(=O)O)c1ccc(S(=O)(=O)NS(=O)(=O)N2CC(=O)Oc3c(C)c(C)c2c(C)c3C)c2ccccc12. The number of sulfonamides is 1. The zero-order valence-corrected chi connectivity index (χ0v) is 25.3. The minimum atomic E-state index is -4.86. The summed E-state index contributed by atoms with van der Waals surface area (Å²) in [6, 6.07) is 7.88. The van der Waals surface area contributed by atoms with Gasteiger partial charge in [-0.15, -0.1) is 6.42 Å². The van der Waals surface area contributed by atoms with Gasteiger partial charge in [0.15, 0.2) is 0 Å².